The Labute approximate surface area is 96.8 Å². The first kappa shape index (κ1) is 11.8. The second-order valence-electron chi connectivity index (χ2n) is 5.12. The average Bonchev–Trinajstić information content (AvgIpc) is 2.71. The van der Waals surface area contributed by atoms with E-state index in [0.29, 0.717) is 19.6 Å². The van der Waals surface area contributed by atoms with E-state index in [0.717, 1.165) is 18.4 Å². The van der Waals surface area contributed by atoms with Crippen LogP contribution in [-0.2, 0) is 14.3 Å². The van der Waals surface area contributed by atoms with Crippen LogP contribution in [0.4, 0.5) is 0 Å². The van der Waals surface area contributed by atoms with E-state index >= 15 is 0 Å². The Morgan fingerprint density at radius 3 is 2.44 bits per heavy atom. The third-order valence-electron chi connectivity index (χ3n) is 4.13. The van der Waals surface area contributed by atoms with Gasteiger partial charge in [-0.05, 0) is 32.3 Å². The second kappa shape index (κ2) is 3.97. The minimum Gasteiger partial charge on any atom is -0.347 e. The third kappa shape index (κ3) is 1.72. The molecule has 0 aromatic rings. The molecular weight excluding hydrogens is 204 g/mol. The number of ether oxygens (including phenoxy) is 2. The molecule has 0 unspecified atom stereocenters. The second-order valence-corrected chi connectivity index (χ2v) is 5.12. The molecule has 2 fully saturated rings. The van der Waals surface area contributed by atoms with Gasteiger partial charge in [-0.2, -0.15) is 0 Å². The molecule has 0 radical (unpaired) electrons. The van der Waals surface area contributed by atoms with Gasteiger partial charge in [0.2, 0.25) is 0 Å². The molecule has 1 heterocycles. The highest BCUT2D eigenvalue weighted by atomic mass is 16.7. The predicted octanol–water partition coefficient (Wildman–Crippen LogP) is 2.46. The first-order valence-electron chi connectivity index (χ1n) is 5.97. The average molecular weight is 224 g/mol. The monoisotopic (exact) mass is 224 g/mol. The molecule has 0 bridgehead atoms. The first-order chi connectivity index (χ1) is 7.51. The Hall–Kier alpha value is -0.670. The van der Waals surface area contributed by atoms with Crippen molar-refractivity contribution in [2.45, 2.75) is 45.8 Å². The molecule has 0 N–H and O–H groups in total. The van der Waals surface area contributed by atoms with E-state index in [1.165, 1.54) is 0 Å². The zero-order chi connectivity index (χ0) is 11.8. The van der Waals surface area contributed by atoms with Crippen molar-refractivity contribution in [2.75, 3.05) is 13.2 Å². The lowest BCUT2D eigenvalue weighted by molar-refractivity contribution is -0.224. The molecule has 0 aromatic carbocycles. The van der Waals surface area contributed by atoms with Crippen molar-refractivity contribution < 1.29 is 14.3 Å². The molecule has 2 rings (SSSR count). The van der Waals surface area contributed by atoms with Crippen molar-refractivity contribution in [3.05, 3.63) is 11.6 Å². The number of allylic oxidation sites excluding steroid dienone is 2. The van der Waals surface area contributed by atoms with E-state index in [1.807, 2.05) is 19.9 Å². The summed E-state index contributed by atoms with van der Waals surface area (Å²) in [5.74, 6) is -0.247. The molecule has 1 saturated carbocycles. The SMILES string of the molecule is C/C=C1\C[C@@](C)(C2(C)OCCO2)CCC1=O. The number of carbonyl (C=O) groups excluding carboxylic acids is 1. The van der Waals surface area contributed by atoms with Gasteiger partial charge >= 0.3 is 0 Å². The van der Waals surface area contributed by atoms with Crippen LogP contribution in [0.2, 0.25) is 0 Å². The van der Waals surface area contributed by atoms with Crippen LogP contribution < -0.4 is 0 Å². The van der Waals surface area contributed by atoms with Crippen LogP contribution in [0.25, 0.3) is 0 Å². The highest BCUT2D eigenvalue weighted by Crippen LogP contribution is 2.49. The summed E-state index contributed by atoms with van der Waals surface area (Å²) in [7, 11) is 0. The van der Waals surface area contributed by atoms with Crippen molar-refractivity contribution in [1.82, 2.24) is 0 Å². The van der Waals surface area contributed by atoms with Crippen LogP contribution in [-0.4, -0.2) is 24.8 Å². The van der Waals surface area contributed by atoms with Crippen molar-refractivity contribution in [3.8, 4) is 0 Å². The summed E-state index contributed by atoms with van der Waals surface area (Å²) in [6.45, 7) is 7.41. The summed E-state index contributed by atoms with van der Waals surface area (Å²) >= 11 is 0. The van der Waals surface area contributed by atoms with Crippen LogP contribution in [0.15, 0.2) is 11.6 Å². The fourth-order valence-corrected chi connectivity index (χ4v) is 2.67. The molecule has 1 aliphatic heterocycles. The first-order valence-corrected chi connectivity index (χ1v) is 5.97. The summed E-state index contributed by atoms with van der Waals surface area (Å²) in [5.41, 5.74) is 0.841. The van der Waals surface area contributed by atoms with Crippen LogP contribution in [0.3, 0.4) is 0 Å². The van der Waals surface area contributed by atoms with E-state index < -0.39 is 5.79 Å². The van der Waals surface area contributed by atoms with Gasteiger partial charge in [0.05, 0.1) is 13.2 Å². The molecule has 0 amide bonds. The van der Waals surface area contributed by atoms with Gasteiger partial charge in [0.1, 0.15) is 0 Å². The Bertz CT molecular complexity index is 326. The molecule has 1 saturated heterocycles. The van der Waals surface area contributed by atoms with E-state index in [9.17, 15) is 4.79 Å². The van der Waals surface area contributed by atoms with Crippen LogP contribution >= 0.6 is 0 Å². The van der Waals surface area contributed by atoms with Gasteiger partial charge in [-0.3, -0.25) is 4.79 Å². The topological polar surface area (TPSA) is 35.5 Å². The fraction of sp³-hybridized carbons (Fsp3) is 0.769. The highest BCUT2D eigenvalue weighted by Gasteiger charge is 2.51. The minimum atomic E-state index is -0.526. The maximum Gasteiger partial charge on any atom is 0.171 e. The molecule has 16 heavy (non-hydrogen) atoms. The van der Waals surface area contributed by atoms with Gasteiger partial charge in [0, 0.05) is 11.8 Å². The van der Waals surface area contributed by atoms with E-state index in [1.54, 1.807) is 0 Å². The summed E-state index contributed by atoms with van der Waals surface area (Å²) < 4.78 is 11.5. The van der Waals surface area contributed by atoms with Crippen molar-refractivity contribution in [3.63, 3.8) is 0 Å². The molecular formula is C13H20O3. The van der Waals surface area contributed by atoms with E-state index in [4.69, 9.17) is 9.47 Å². The van der Waals surface area contributed by atoms with Crippen LogP contribution in [0.1, 0.15) is 40.0 Å². The Morgan fingerprint density at radius 1 is 1.25 bits per heavy atom. The smallest absolute Gasteiger partial charge is 0.171 e. The third-order valence-corrected chi connectivity index (χ3v) is 4.13. The molecule has 90 valence electrons. The van der Waals surface area contributed by atoms with Crippen molar-refractivity contribution >= 4 is 5.78 Å². The lowest BCUT2D eigenvalue weighted by atomic mass is 9.68. The van der Waals surface area contributed by atoms with E-state index in [-0.39, 0.29) is 11.2 Å². The molecule has 3 nitrogen and oxygen atoms in total. The van der Waals surface area contributed by atoms with Gasteiger partial charge in [0.25, 0.3) is 0 Å². The lowest BCUT2D eigenvalue weighted by Crippen LogP contribution is -2.47. The summed E-state index contributed by atoms with van der Waals surface area (Å²) in [4.78, 5) is 11.7. The minimum absolute atomic E-state index is 0.0841. The maximum absolute atomic E-state index is 11.7. The number of hydrogen-bond acceptors (Lipinski definition) is 3. The highest BCUT2D eigenvalue weighted by molar-refractivity contribution is 5.96. The Kier molecular flexibility index (Phi) is 2.93. The van der Waals surface area contributed by atoms with Gasteiger partial charge in [0.15, 0.2) is 11.6 Å². The van der Waals surface area contributed by atoms with Crippen molar-refractivity contribution in [1.29, 1.82) is 0 Å². The van der Waals surface area contributed by atoms with Gasteiger partial charge in [-0.25, -0.2) is 0 Å². The molecule has 1 atom stereocenters. The summed E-state index contributed by atoms with van der Waals surface area (Å²) in [6, 6.07) is 0. The summed E-state index contributed by atoms with van der Waals surface area (Å²) in [6.07, 6.45) is 4.15. The molecule has 3 heteroatoms. The summed E-state index contributed by atoms with van der Waals surface area (Å²) in [5, 5.41) is 0. The molecule has 2 aliphatic rings. The maximum atomic E-state index is 11.7. The normalized spacial score (nSPS) is 36.9. The standard InChI is InChI=1S/C13H20O3/c1-4-10-9-12(2,6-5-11(10)14)13(3)15-7-8-16-13/h4H,5-9H2,1-3H3/b10-4+/t12-/m0/s1. The number of Topliss-reactive ketones (excluding diaryl/α,β-unsaturated/α-hetero) is 1. The molecule has 1 aliphatic carbocycles. The van der Waals surface area contributed by atoms with Gasteiger partial charge in [-0.1, -0.05) is 13.0 Å². The quantitative estimate of drug-likeness (QED) is 0.642. The number of carbonyl (C=O) groups is 1. The van der Waals surface area contributed by atoms with Crippen LogP contribution in [0, 0.1) is 5.41 Å². The van der Waals surface area contributed by atoms with Gasteiger partial charge in [-0.15, -0.1) is 0 Å². The zero-order valence-electron chi connectivity index (χ0n) is 10.3. The fourth-order valence-electron chi connectivity index (χ4n) is 2.67. The number of hydrogen-bond donors (Lipinski definition) is 0. The Morgan fingerprint density at radius 2 is 1.88 bits per heavy atom. The largest absolute Gasteiger partial charge is 0.347 e. The lowest BCUT2D eigenvalue weighted by Gasteiger charge is -2.44. The predicted molar refractivity (Wildman–Crippen MR) is 61.0 cm³/mol. The van der Waals surface area contributed by atoms with Crippen LogP contribution in [0.5, 0.6) is 0 Å². The number of rotatable bonds is 1. The molecule has 0 aromatic heterocycles. The zero-order valence-corrected chi connectivity index (χ0v) is 10.3. The van der Waals surface area contributed by atoms with E-state index in [2.05, 4.69) is 6.92 Å². The number of ketones is 1. The molecule has 0 spiro atoms. The Balaban J connectivity index is 2.22. The van der Waals surface area contributed by atoms with Crippen molar-refractivity contribution in [2.24, 2.45) is 5.41 Å². The van der Waals surface area contributed by atoms with Gasteiger partial charge < -0.3 is 9.47 Å².